The molecule has 1 aliphatic heterocycles. The summed E-state index contributed by atoms with van der Waals surface area (Å²) in [5.41, 5.74) is 4.83. The van der Waals surface area contributed by atoms with Crippen LogP contribution in [0.25, 0.3) is 22.4 Å². The van der Waals surface area contributed by atoms with Crippen LogP contribution in [0.2, 0.25) is 0 Å². The average Bonchev–Trinajstić information content (AvgIpc) is 2.91. The smallest absolute Gasteiger partial charge is 0.255 e. The molecule has 178 valence electrons. The number of piperazine rings is 1. The molecule has 1 aliphatic rings. The van der Waals surface area contributed by atoms with E-state index >= 15 is 0 Å². The van der Waals surface area contributed by atoms with E-state index in [1.165, 1.54) is 5.56 Å². The van der Waals surface area contributed by atoms with Gasteiger partial charge in [0.05, 0.1) is 5.69 Å². The van der Waals surface area contributed by atoms with Crippen LogP contribution in [-0.4, -0.2) is 44.6 Å². The van der Waals surface area contributed by atoms with Crippen molar-refractivity contribution >= 4 is 16.7 Å². The molecule has 2 atom stereocenters. The zero-order valence-corrected chi connectivity index (χ0v) is 20.5. The van der Waals surface area contributed by atoms with Crippen LogP contribution in [0.15, 0.2) is 88.8 Å². The van der Waals surface area contributed by atoms with Gasteiger partial charge in [-0.05, 0) is 41.0 Å². The van der Waals surface area contributed by atoms with Crippen LogP contribution >= 0.6 is 0 Å². The van der Waals surface area contributed by atoms with Gasteiger partial charge in [-0.2, -0.15) is 0 Å². The monoisotopic (exact) mass is 485 g/mol. The van der Waals surface area contributed by atoms with E-state index in [1.54, 1.807) is 36.3 Å². The fourth-order valence-corrected chi connectivity index (χ4v) is 4.90. The Labute approximate surface area is 207 Å². The SMILES string of the molecule is Cn1c(N2CCNC(c3ccc(-c4ccc(S(C)=O)cc4)cc3)C2)nc(-c2ccncc2)cc1=O. The predicted molar refractivity (Wildman–Crippen MR) is 140 cm³/mol. The number of anilines is 1. The molecule has 2 unspecified atom stereocenters. The van der Waals surface area contributed by atoms with Gasteiger partial charge in [-0.15, -0.1) is 0 Å². The Morgan fingerprint density at radius 1 is 0.943 bits per heavy atom. The second kappa shape index (κ2) is 9.93. The van der Waals surface area contributed by atoms with E-state index in [4.69, 9.17) is 4.98 Å². The molecule has 8 heteroatoms. The van der Waals surface area contributed by atoms with Crippen molar-refractivity contribution in [2.75, 3.05) is 30.8 Å². The number of hydrogen-bond acceptors (Lipinski definition) is 6. The van der Waals surface area contributed by atoms with Gasteiger partial charge in [-0.25, -0.2) is 4.98 Å². The third kappa shape index (κ3) is 4.94. The highest BCUT2D eigenvalue weighted by atomic mass is 32.2. The highest BCUT2D eigenvalue weighted by Crippen LogP contribution is 2.26. The molecular formula is C27H27N5O2S. The van der Waals surface area contributed by atoms with Crippen molar-refractivity contribution in [2.24, 2.45) is 7.05 Å². The van der Waals surface area contributed by atoms with Crippen molar-refractivity contribution in [2.45, 2.75) is 10.9 Å². The largest absolute Gasteiger partial charge is 0.339 e. The van der Waals surface area contributed by atoms with Gasteiger partial charge in [0.2, 0.25) is 5.95 Å². The van der Waals surface area contributed by atoms with Crippen molar-refractivity contribution in [3.05, 3.63) is 95.0 Å². The predicted octanol–water partition coefficient (Wildman–Crippen LogP) is 3.40. The fraction of sp³-hybridized carbons (Fsp3) is 0.222. The highest BCUT2D eigenvalue weighted by molar-refractivity contribution is 7.84. The Bertz CT molecular complexity index is 1400. The van der Waals surface area contributed by atoms with Crippen molar-refractivity contribution in [1.82, 2.24) is 19.9 Å². The van der Waals surface area contributed by atoms with Gasteiger partial charge < -0.3 is 10.2 Å². The lowest BCUT2D eigenvalue weighted by molar-refractivity contribution is 0.462. The molecule has 0 radical (unpaired) electrons. The Balaban J connectivity index is 1.37. The zero-order valence-electron chi connectivity index (χ0n) is 19.7. The lowest BCUT2D eigenvalue weighted by atomic mass is 9.99. The molecule has 5 rings (SSSR count). The molecule has 0 bridgehead atoms. The number of nitrogens with zero attached hydrogens (tertiary/aromatic N) is 4. The Morgan fingerprint density at radius 3 is 2.26 bits per heavy atom. The van der Waals surface area contributed by atoms with Crippen molar-refractivity contribution < 1.29 is 4.21 Å². The summed E-state index contributed by atoms with van der Waals surface area (Å²) in [5.74, 6) is 0.667. The zero-order chi connectivity index (χ0) is 24.4. The van der Waals surface area contributed by atoms with E-state index < -0.39 is 10.8 Å². The third-order valence-corrected chi connectivity index (χ3v) is 7.31. The molecule has 0 aliphatic carbocycles. The molecule has 4 aromatic rings. The molecule has 2 aromatic heterocycles. The molecule has 1 N–H and O–H groups in total. The molecule has 2 aromatic carbocycles. The fourth-order valence-electron chi connectivity index (χ4n) is 4.38. The lowest BCUT2D eigenvalue weighted by Crippen LogP contribution is -2.47. The number of benzene rings is 2. The van der Waals surface area contributed by atoms with Gasteiger partial charge in [0.1, 0.15) is 0 Å². The molecule has 1 fully saturated rings. The standard InChI is InChI=1S/C27H27N5O2S/c1-31-26(33)17-24(22-11-13-28-14-12-22)30-27(31)32-16-15-29-25(18-32)21-5-3-19(4-6-21)20-7-9-23(10-8-20)35(2)34/h3-14,17,25,29H,15-16,18H2,1-2H3. The molecule has 7 nitrogen and oxygen atoms in total. The number of pyridine rings is 1. The summed E-state index contributed by atoms with van der Waals surface area (Å²) < 4.78 is 13.3. The van der Waals surface area contributed by atoms with E-state index in [-0.39, 0.29) is 11.6 Å². The summed E-state index contributed by atoms with van der Waals surface area (Å²) in [6, 6.07) is 21.8. The molecule has 3 heterocycles. The quantitative estimate of drug-likeness (QED) is 0.467. The van der Waals surface area contributed by atoms with Crippen LogP contribution in [0.5, 0.6) is 0 Å². The van der Waals surface area contributed by atoms with Crippen molar-refractivity contribution in [1.29, 1.82) is 0 Å². The van der Waals surface area contributed by atoms with Gasteiger partial charge in [0.15, 0.2) is 0 Å². The topological polar surface area (TPSA) is 80.1 Å². The molecule has 0 saturated carbocycles. The maximum Gasteiger partial charge on any atom is 0.255 e. The van der Waals surface area contributed by atoms with Crippen LogP contribution in [-0.2, 0) is 17.8 Å². The Hall–Kier alpha value is -3.62. The van der Waals surface area contributed by atoms with Gasteiger partial charge in [-0.3, -0.25) is 18.6 Å². The molecular weight excluding hydrogens is 458 g/mol. The van der Waals surface area contributed by atoms with Crippen molar-refractivity contribution in [3.8, 4) is 22.4 Å². The maximum absolute atomic E-state index is 12.7. The lowest BCUT2D eigenvalue weighted by Gasteiger charge is -2.35. The van der Waals surface area contributed by atoms with E-state index in [9.17, 15) is 9.00 Å². The average molecular weight is 486 g/mol. The van der Waals surface area contributed by atoms with E-state index in [0.29, 0.717) is 18.2 Å². The summed E-state index contributed by atoms with van der Waals surface area (Å²) >= 11 is 0. The van der Waals surface area contributed by atoms with Gasteiger partial charge in [-0.1, -0.05) is 36.4 Å². The summed E-state index contributed by atoms with van der Waals surface area (Å²) in [7, 11) is 0.792. The number of rotatable bonds is 5. The Kier molecular flexibility index (Phi) is 6.57. The summed E-state index contributed by atoms with van der Waals surface area (Å²) in [6.07, 6.45) is 5.10. The maximum atomic E-state index is 12.7. The first-order chi connectivity index (χ1) is 17.0. The molecule has 0 amide bonds. The normalized spacial score (nSPS) is 16.7. The minimum Gasteiger partial charge on any atom is -0.339 e. The first kappa shape index (κ1) is 23.1. The minimum atomic E-state index is -0.978. The first-order valence-corrected chi connectivity index (χ1v) is 13.1. The van der Waals surface area contributed by atoms with Gasteiger partial charge >= 0.3 is 0 Å². The number of aromatic nitrogens is 3. The van der Waals surface area contributed by atoms with Crippen LogP contribution < -0.4 is 15.8 Å². The summed E-state index contributed by atoms with van der Waals surface area (Å²) in [5, 5.41) is 3.60. The summed E-state index contributed by atoms with van der Waals surface area (Å²) in [6.45, 7) is 2.26. The first-order valence-electron chi connectivity index (χ1n) is 11.5. The van der Waals surface area contributed by atoms with Crippen LogP contribution in [0.4, 0.5) is 5.95 Å². The van der Waals surface area contributed by atoms with Crippen molar-refractivity contribution in [3.63, 3.8) is 0 Å². The number of nitrogens with one attached hydrogen (secondary N) is 1. The third-order valence-electron chi connectivity index (χ3n) is 6.38. The highest BCUT2D eigenvalue weighted by Gasteiger charge is 2.24. The van der Waals surface area contributed by atoms with Gasteiger partial charge in [0.25, 0.3) is 5.56 Å². The number of hydrogen-bond donors (Lipinski definition) is 1. The Morgan fingerprint density at radius 2 is 1.60 bits per heavy atom. The molecule has 35 heavy (non-hydrogen) atoms. The van der Waals surface area contributed by atoms with E-state index in [1.807, 2.05) is 36.4 Å². The van der Waals surface area contributed by atoms with E-state index in [0.717, 1.165) is 34.7 Å². The summed E-state index contributed by atoms with van der Waals surface area (Å²) in [4.78, 5) is 24.6. The van der Waals surface area contributed by atoms with Crippen LogP contribution in [0, 0.1) is 0 Å². The van der Waals surface area contributed by atoms with E-state index in [2.05, 4.69) is 39.5 Å². The van der Waals surface area contributed by atoms with Crippen LogP contribution in [0.1, 0.15) is 11.6 Å². The van der Waals surface area contributed by atoms with Gasteiger partial charge in [0, 0.05) is 78.7 Å². The molecule has 0 spiro atoms. The second-order valence-electron chi connectivity index (χ2n) is 8.63. The minimum absolute atomic E-state index is 0.0841. The second-order valence-corrected chi connectivity index (χ2v) is 10.0. The molecule has 1 saturated heterocycles. The van der Waals surface area contributed by atoms with Crippen LogP contribution in [0.3, 0.4) is 0 Å².